The molecule has 5 nitrogen and oxygen atoms in total. The fraction of sp³-hybridized carbons (Fsp3) is 0.368. The highest BCUT2D eigenvalue weighted by Gasteiger charge is 2.26. The van der Waals surface area contributed by atoms with Crippen LogP contribution in [0.4, 0.5) is 0 Å². The second-order valence-electron chi connectivity index (χ2n) is 6.46. The van der Waals surface area contributed by atoms with Crippen LogP contribution in [0.3, 0.4) is 0 Å². The molecule has 0 bridgehead atoms. The van der Waals surface area contributed by atoms with E-state index in [4.69, 9.17) is 4.42 Å². The minimum Gasteiger partial charge on any atom is -0.444 e. The molecule has 0 atom stereocenters. The first-order valence-corrected chi connectivity index (χ1v) is 9.19. The average molecular weight is 405 g/mol. The van der Waals surface area contributed by atoms with Crippen LogP contribution < -0.4 is 0 Å². The molecular weight excluding hydrogens is 384 g/mol. The molecule has 2 heterocycles. The summed E-state index contributed by atoms with van der Waals surface area (Å²) < 4.78 is 5.85. The summed E-state index contributed by atoms with van der Waals surface area (Å²) in [6.45, 7) is 6.33. The number of nitrogens with zero attached hydrogens (tertiary/aromatic N) is 2. The molecule has 1 aliphatic heterocycles. The lowest BCUT2D eigenvalue weighted by molar-refractivity contribution is 0.0517. The van der Waals surface area contributed by atoms with Crippen LogP contribution in [0.25, 0.3) is 0 Å². The molecule has 1 aliphatic rings. The van der Waals surface area contributed by atoms with Gasteiger partial charge in [0.25, 0.3) is 11.8 Å². The van der Waals surface area contributed by atoms with Gasteiger partial charge in [-0.25, -0.2) is 0 Å². The van der Waals surface area contributed by atoms with Crippen LogP contribution in [-0.4, -0.2) is 47.8 Å². The Bertz CT molecular complexity index is 759. The minimum absolute atomic E-state index is 0.0168. The maximum atomic E-state index is 12.6. The van der Waals surface area contributed by atoms with Gasteiger partial charge in [-0.2, -0.15) is 0 Å². The van der Waals surface area contributed by atoms with E-state index < -0.39 is 0 Å². The summed E-state index contributed by atoms with van der Waals surface area (Å²) in [5, 5.41) is 0. The molecule has 0 aliphatic carbocycles. The first kappa shape index (κ1) is 17.7. The minimum atomic E-state index is -0.140. The first-order chi connectivity index (χ1) is 12.0. The molecular formula is C19H21BrN2O3. The lowest BCUT2D eigenvalue weighted by Gasteiger charge is -2.34. The van der Waals surface area contributed by atoms with Crippen molar-refractivity contribution in [2.75, 3.05) is 26.2 Å². The quantitative estimate of drug-likeness (QED) is 0.782. The Morgan fingerprint density at radius 3 is 1.96 bits per heavy atom. The predicted octanol–water partition coefficient (Wildman–Crippen LogP) is 3.76. The van der Waals surface area contributed by atoms with E-state index >= 15 is 0 Å². The molecule has 1 saturated heterocycles. The molecule has 2 amide bonds. The SMILES string of the molecule is CC(C)c1ccc(C(=O)N2CCN(C(=O)c3ccc(Br)o3)CC2)cc1. The number of rotatable bonds is 3. The zero-order chi connectivity index (χ0) is 18.0. The largest absolute Gasteiger partial charge is 0.444 e. The number of carbonyl (C=O) groups is 2. The van der Waals surface area contributed by atoms with E-state index in [2.05, 4.69) is 29.8 Å². The van der Waals surface area contributed by atoms with Crippen LogP contribution in [-0.2, 0) is 0 Å². The smallest absolute Gasteiger partial charge is 0.289 e. The zero-order valence-corrected chi connectivity index (χ0v) is 16.0. The highest BCUT2D eigenvalue weighted by Crippen LogP contribution is 2.18. The molecule has 0 unspecified atom stereocenters. The van der Waals surface area contributed by atoms with Gasteiger partial charge in [-0.05, 0) is 51.7 Å². The number of hydrogen-bond acceptors (Lipinski definition) is 3. The summed E-state index contributed by atoms with van der Waals surface area (Å²) >= 11 is 3.20. The van der Waals surface area contributed by atoms with Gasteiger partial charge in [0.15, 0.2) is 10.4 Å². The van der Waals surface area contributed by atoms with Gasteiger partial charge in [-0.1, -0.05) is 26.0 Å². The predicted molar refractivity (Wildman–Crippen MR) is 98.7 cm³/mol. The highest BCUT2D eigenvalue weighted by atomic mass is 79.9. The van der Waals surface area contributed by atoms with E-state index in [1.165, 1.54) is 5.56 Å². The fourth-order valence-electron chi connectivity index (χ4n) is 2.89. The molecule has 3 rings (SSSR count). The van der Waals surface area contributed by atoms with E-state index in [1.807, 2.05) is 24.3 Å². The van der Waals surface area contributed by atoms with Crippen LogP contribution in [0.2, 0.25) is 0 Å². The van der Waals surface area contributed by atoms with Gasteiger partial charge in [-0.3, -0.25) is 9.59 Å². The van der Waals surface area contributed by atoms with Crippen molar-refractivity contribution in [3.05, 3.63) is 58.0 Å². The van der Waals surface area contributed by atoms with Crippen LogP contribution in [0.1, 0.15) is 46.2 Å². The third-order valence-corrected chi connectivity index (χ3v) is 4.89. The Morgan fingerprint density at radius 1 is 0.920 bits per heavy atom. The van der Waals surface area contributed by atoms with Crippen molar-refractivity contribution in [2.24, 2.45) is 0 Å². The molecule has 25 heavy (non-hydrogen) atoms. The van der Waals surface area contributed by atoms with Gasteiger partial charge < -0.3 is 14.2 Å². The molecule has 0 N–H and O–H groups in total. The summed E-state index contributed by atoms with van der Waals surface area (Å²) in [6.07, 6.45) is 0. The van der Waals surface area contributed by atoms with Crippen LogP contribution >= 0.6 is 15.9 Å². The number of carbonyl (C=O) groups excluding carboxylic acids is 2. The number of amides is 2. The van der Waals surface area contributed by atoms with Crippen LogP contribution in [0, 0.1) is 0 Å². The van der Waals surface area contributed by atoms with E-state index in [9.17, 15) is 9.59 Å². The van der Waals surface area contributed by atoms with Crippen molar-refractivity contribution in [1.29, 1.82) is 0 Å². The topological polar surface area (TPSA) is 53.8 Å². The molecule has 1 aromatic heterocycles. The van der Waals surface area contributed by atoms with Crippen molar-refractivity contribution in [2.45, 2.75) is 19.8 Å². The lowest BCUT2D eigenvalue weighted by Crippen LogP contribution is -2.50. The van der Waals surface area contributed by atoms with Crippen LogP contribution in [0.5, 0.6) is 0 Å². The maximum Gasteiger partial charge on any atom is 0.289 e. The number of halogens is 1. The standard InChI is InChI=1S/C19H21BrN2O3/c1-13(2)14-3-5-15(6-4-14)18(23)21-9-11-22(12-10-21)19(24)16-7-8-17(20)25-16/h3-8,13H,9-12H2,1-2H3. The summed E-state index contributed by atoms with van der Waals surface area (Å²) in [4.78, 5) is 28.5. The molecule has 0 spiro atoms. The Hall–Kier alpha value is -2.08. The van der Waals surface area contributed by atoms with E-state index in [1.54, 1.807) is 21.9 Å². The summed E-state index contributed by atoms with van der Waals surface area (Å²) in [7, 11) is 0. The normalized spacial score (nSPS) is 14.9. The van der Waals surface area contributed by atoms with Gasteiger partial charge >= 0.3 is 0 Å². The third-order valence-electron chi connectivity index (χ3n) is 4.46. The Kier molecular flexibility index (Phi) is 5.27. The van der Waals surface area contributed by atoms with Crippen molar-refractivity contribution < 1.29 is 14.0 Å². The van der Waals surface area contributed by atoms with Crippen molar-refractivity contribution >= 4 is 27.7 Å². The molecule has 1 aromatic carbocycles. The van der Waals surface area contributed by atoms with E-state index in [-0.39, 0.29) is 11.8 Å². The fourth-order valence-corrected chi connectivity index (χ4v) is 3.20. The summed E-state index contributed by atoms with van der Waals surface area (Å²) in [5.41, 5.74) is 1.91. The number of piperazine rings is 1. The van der Waals surface area contributed by atoms with Gasteiger partial charge in [0.2, 0.25) is 0 Å². The zero-order valence-electron chi connectivity index (χ0n) is 14.4. The van der Waals surface area contributed by atoms with Crippen LogP contribution in [0.15, 0.2) is 45.5 Å². The van der Waals surface area contributed by atoms with Crippen molar-refractivity contribution in [3.63, 3.8) is 0 Å². The Balaban J connectivity index is 1.59. The molecule has 0 radical (unpaired) electrons. The first-order valence-electron chi connectivity index (χ1n) is 8.39. The highest BCUT2D eigenvalue weighted by molar-refractivity contribution is 9.10. The monoisotopic (exact) mass is 404 g/mol. The second-order valence-corrected chi connectivity index (χ2v) is 7.25. The molecule has 2 aromatic rings. The van der Waals surface area contributed by atoms with Gasteiger partial charge in [0.05, 0.1) is 0 Å². The molecule has 6 heteroatoms. The van der Waals surface area contributed by atoms with Gasteiger partial charge in [-0.15, -0.1) is 0 Å². The van der Waals surface area contributed by atoms with Gasteiger partial charge in [0.1, 0.15) is 0 Å². The Morgan fingerprint density at radius 2 is 1.48 bits per heavy atom. The number of hydrogen-bond donors (Lipinski definition) is 0. The third kappa shape index (κ3) is 3.95. The summed E-state index contributed by atoms with van der Waals surface area (Å²) in [6, 6.07) is 11.1. The average Bonchev–Trinajstić information content (AvgIpc) is 3.07. The molecule has 132 valence electrons. The van der Waals surface area contributed by atoms with Crippen molar-refractivity contribution in [3.8, 4) is 0 Å². The molecule has 1 fully saturated rings. The number of furan rings is 1. The maximum absolute atomic E-state index is 12.6. The summed E-state index contributed by atoms with van der Waals surface area (Å²) in [5.74, 6) is 0.638. The van der Waals surface area contributed by atoms with Gasteiger partial charge in [0, 0.05) is 31.7 Å². The molecule has 0 saturated carbocycles. The number of benzene rings is 1. The lowest BCUT2D eigenvalue weighted by atomic mass is 10.0. The van der Waals surface area contributed by atoms with E-state index in [0.717, 1.165) is 0 Å². The Labute approximate surface area is 155 Å². The van der Waals surface area contributed by atoms with E-state index in [0.29, 0.717) is 48.1 Å². The second kappa shape index (κ2) is 7.44. The van der Waals surface area contributed by atoms with Crippen molar-refractivity contribution in [1.82, 2.24) is 9.80 Å².